The molecular weight excluding hydrogens is 420 g/mol. The second-order valence-corrected chi connectivity index (χ2v) is 9.29. The lowest BCUT2D eigenvalue weighted by Crippen LogP contribution is -2.40. The predicted molar refractivity (Wildman–Crippen MR) is 123 cm³/mol. The van der Waals surface area contributed by atoms with Gasteiger partial charge in [0.2, 0.25) is 11.7 Å². The molecule has 1 aromatic carbocycles. The molecule has 9 nitrogen and oxygen atoms in total. The van der Waals surface area contributed by atoms with Crippen molar-refractivity contribution in [3.8, 4) is 11.5 Å². The molecule has 1 aliphatic carbocycles. The molecule has 2 fully saturated rings. The summed E-state index contributed by atoms with van der Waals surface area (Å²) >= 11 is 0. The number of nitrogens with zero attached hydrogens (tertiary/aromatic N) is 6. The van der Waals surface area contributed by atoms with Crippen LogP contribution < -0.4 is 5.56 Å². The summed E-state index contributed by atoms with van der Waals surface area (Å²) in [5, 5.41) is 14.2. The number of likely N-dealkylation sites (tertiary alicyclic amines) is 1. The number of rotatable bonds is 5. The van der Waals surface area contributed by atoms with E-state index in [1.807, 2.05) is 33.2 Å². The fraction of sp³-hybridized carbons (Fsp3) is 0.500. The summed E-state index contributed by atoms with van der Waals surface area (Å²) < 4.78 is 9.21. The van der Waals surface area contributed by atoms with Crippen LogP contribution in [0, 0.1) is 0 Å². The van der Waals surface area contributed by atoms with E-state index in [1.165, 1.54) is 12.8 Å². The molecule has 0 spiro atoms. The van der Waals surface area contributed by atoms with E-state index < -0.39 is 0 Å². The van der Waals surface area contributed by atoms with Crippen LogP contribution in [0.4, 0.5) is 0 Å². The molecule has 1 N–H and O–H groups in total. The maximum absolute atomic E-state index is 13.7. The Morgan fingerprint density at radius 3 is 2.70 bits per heavy atom. The highest BCUT2D eigenvalue weighted by molar-refractivity contribution is 5.83. The molecule has 0 radical (unpaired) electrons. The average molecular weight is 449 g/mol. The van der Waals surface area contributed by atoms with Crippen LogP contribution in [0.1, 0.15) is 50.3 Å². The van der Waals surface area contributed by atoms with Crippen LogP contribution >= 0.6 is 0 Å². The number of para-hydroxylation sites is 2. The minimum Gasteiger partial charge on any atom is -0.392 e. The third-order valence-electron chi connectivity index (χ3n) is 7.13. The molecule has 1 atom stereocenters. The first-order chi connectivity index (χ1) is 16.2. The van der Waals surface area contributed by atoms with Crippen LogP contribution in [0.3, 0.4) is 0 Å². The molecule has 2 aliphatic rings. The zero-order valence-corrected chi connectivity index (χ0v) is 18.6. The molecule has 172 valence electrons. The molecule has 6 rings (SSSR count). The van der Waals surface area contributed by atoms with Gasteiger partial charge in [0.05, 0.1) is 17.1 Å². The highest BCUT2D eigenvalue weighted by atomic mass is 16.5. The average Bonchev–Trinajstić information content (AvgIpc) is 3.59. The van der Waals surface area contributed by atoms with Crippen LogP contribution in [0.5, 0.6) is 0 Å². The Morgan fingerprint density at radius 2 is 1.88 bits per heavy atom. The third kappa shape index (κ3) is 3.65. The maximum Gasteiger partial charge on any atom is 0.277 e. The van der Waals surface area contributed by atoms with Gasteiger partial charge in [-0.15, -0.1) is 0 Å². The van der Waals surface area contributed by atoms with Crippen molar-refractivity contribution in [2.75, 3.05) is 19.6 Å². The van der Waals surface area contributed by atoms with Gasteiger partial charge in [-0.1, -0.05) is 30.1 Å². The van der Waals surface area contributed by atoms with Crippen molar-refractivity contribution in [1.29, 1.82) is 0 Å². The van der Waals surface area contributed by atoms with Gasteiger partial charge in [-0.25, -0.2) is 4.98 Å². The van der Waals surface area contributed by atoms with Gasteiger partial charge in [0.15, 0.2) is 0 Å². The van der Waals surface area contributed by atoms with E-state index in [1.54, 1.807) is 6.33 Å². The Hall–Kier alpha value is -3.04. The quantitative estimate of drug-likeness (QED) is 0.501. The number of β-amino-alcohol motifs (C(OH)–C–C–N with tert-alkyl or cyclic N) is 1. The molecule has 1 aliphatic heterocycles. The summed E-state index contributed by atoms with van der Waals surface area (Å²) in [4.78, 5) is 25.1. The van der Waals surface area contributed by atoms with Crippen LogP contribution in [0.25, 0.3) is 28.1 Å². The minimum atomic E-state index is -0.288. The fourth-order valence-electron chi connectivity index (χ4n) is 5.40. The largest absolute Gasteiger partial charge is 0.392 e. The Bertz CT molecular complexity index is 1350. The molecular formula is C24H28N6O3. The molecule has 33 heavy (non-hydrogen) atoms. The van der Waals surface area contributed by atoms with Crippen molar-refractivity contribution >= 4 is 16.6 Å². The van der Waals surface area contributed by atoms with E-state index in [4.69, 9.17) is 4.52 Å². The molecule has 1 saturated heterocycles. The molecule has 0 bridgehead atoms. The van der Waals surface area contributed by atoms with Crippen LogP contribution in [-0.2, 0) is 6.54 Å². The van der Waals surface area contributed by atoms with E-state index in [-0.39, 0.29) is 11.7 Å². The summed E-state index contributed by atoms with van der Waals surface area (Å²) in [5.74, 6) is 1.32. The highest BCUT2D eigenvalue weighted by Gasteiger charge is 2.26. The lowest BCUT2D eigenvalue weighted by molar-refractivity contribution is 0.0690. The number of aromatic nitrogens is 5. The first-order valence-electron chi connectivity index (χ1n) is 11.9. The van der Waals surface area contributed by atoms with Gasteiger partial charge in [-0.3, -0.25) is 14.1 Å². The smallest absolute Gasteiger partial charge is 0.277 e. The molecule has 1 unspecified atom stereocenters. The number of hydrogen-bond donors (Lipinski definition) is 1. The molecule has 4 aromatic rings. The molecule has 4 heterocycles. The summed E-state index contributed by atoms with van der Waals surface area (Å²) in [5.41, 5.74) is 2.57. The summed E-state index contributed by atoms with van der Waals surface area (Å²) in [6.07, 6.45) is 7.69. The number of piperidine rings is 1. The highest BCUT2D eigenvalue weighted by Crippen LogP contribution is 2.34. The fourth-order valence-corrected chi connectivity index (χ4v) is 5.40. The lowest BCUT2D eigenvalue weighted by atomic mass is 10.1. The number of benzene rings is 1. The van der Waals surface area contributed by atoms with Gasteiger partial charge in [0, 0.05) is 25.6 Å². The van der Waals surface area contributed by atoms with Gasteiger partial charge < -0.3 is 14.2 Å². The molecule has 3 aromatic heterocycles. The van der Waals surface area contributed by atoms with Crippen molar-refractivity contribution < 1.29 is 9.63 Å². The Kier molecular flexibility index (Phi) is 5.22. The summed E-state index contributed by atoms with van der Waals surface area (Å²) in [7, 11) is 0. The number of aliphatic hydroxyl groups is 1. The van der Waals surface area contributed by atoms with Crippen molar-refractivity contribution in [2.24, 2.45) is 0 Å². The lowest BCUT2D eigenvalue weighted by Gasteiger charge is -2.30. The van der Waals surface area contributed by atoms with Crippen molar-refractivity contribution in [3.05, 3.63) is 46.8 Å². The zero-order chi connectivity index (χ0) is 22.4. The van der Waals surface area contributed by atoms with Gasteiger partial charge in [-0.05, 0) is 44.4 Å². The van der Waals surface area contributed by atoms with Gasteiger partial charge >= 0.3 is 0 Å². The van der Waals surface area contributed by atoms with E-state index >= 15 is 0 Å². The molecule has 9 heteroatoms. The first-order valence-corrected chi connectivity index (χ1v) is 11.9. The predicted octanol–water partition coefficient (Wildman–Crippen LogP) is 2.81. The Labute approximate surface area is 190 Å². The van der Waals surface area contributed by atoms with Crippen molar-refractivity contribution in [2.45, 2.75) is 57.1 Å². The van der Waals surface area contributed by atoms with E-state index in [9.17, 15) is 9.90 Å². The van der Waals surface area contributed by atoms with Crippen molar-refractivity contribution in [1.82, 2.24) is 29.0 Å². The van der Waals surface area contributed by atoms with Crippen LogP contribution in [-0.4, -0.2) is 59.8 Å². The minimum absolute atomic E-state index is 0.119. The zero-order valence-electron chi connectivity index (χ0n) is 18.6. The number of aliphatic hydroxyl groups excluding tert-OH is 1. The Balaban J connectivity index is 1.42. The SMILES string of the molecule is O=c1c2c(-c3noc(C4CCCC4)n3)ncn2c2ccccc2n1CCN1CCCC(O)C1. The van der Waals surface area contributed by atoms with E-state index in [0.29, 0.717) is 48.5 Å². The monoisotopic (exact) mass is 448 g/mol. The second kappa shape index (κ2) is 8.39. The second-order valence-electron chi connectivity index (χ2n) is 9.29. The summed E-state index contributed by atoms with van der Waals surface area (Å²) in [6, 6.07) is 7.87. The standard InChI is InChI=1S/C24H28N6O3/c31-17-8-5-11-28(14-17)12-13-29-18-9-3-4-10-19(18)30-15-25-20(21(30)24(29)32)22-26-23(33-27-22)16-6-1-2-7-16/h3-4,9-10,15-17,31H,1-2,5-8,11-14H2. The van der Waals surface area contributed by atoms with Gasteiger partial charge in [0.1, 0.15) is 17.5 Å². The normalized spacial score (nSPS) is 20.3. The van der Waals surface area contributed by atoms with Gasteiger partial charge in [-0.2, -0.15) is 4.98 Å². The Morgan fingerprint density at radius 1 is 1.06 bits per heavy atom. The maximum atomic E-state index is 13.7. The van der Waals surface area contributed by atoms with Crippen LogP contribution in [0.2, 0.25) is 0 Å². The number of imidazole rings is 1. The van der Waals surface area contributed by atoms with E-state index in [0.717, 1.165) is 43.3 Å². The molecule has 0 amide bonds. The third-order valence-corrected chi connectivity index (χ3v) is 7.13. The van der Waals surface area contributed by atoms with E-state index in [2.05, 4.69) is 20.0 Å². The first kappa shape index (κ1) is 20.6. The van der Waals surface area contributed by atoms with Crippen molar-refractivity contribution in [3.63, 3.8) is 0 Å². The summed E-state index contributed by atoms with van der Waals surface area (Å²) in [6.45, 7) is 2.83. The van der Waals surface area contributed by atoms with Gasteiger partial charge in [0.25, 0.3) is 5.56 Å². The molecule has 1 saturated carbocycles. The topological polar surface area (TPSA) is 102 Å². The van der Waals surface area contributed by atoms with Crippen LogP contribution in [0.15, 0.2) is 39.9 Å². The number of fused-ring (bicyclic) bond motifs is 3. The number of hydrogen-bond acceptors (Lipinski definition) is 7.